The second-order valence-corrected chi connectivity index (χ2v) is 6.34. The van der Waals surface area contributed by atoms with Crippen molar-refractivity contribution in [1.82, 2.24) is 5.32 Å². The lowest BCUT2D eigenvalue weighted by atomic mass is 10.1. The Kier molecular flexibility index (Phi) is 5.25. The van der Waals surface area contributed by atoms with Crippen LogP contribution in [0.4, 0.5) is 11.4 Å². The van der Waals surface area contributed by atoms with Crippen LogP contribution in [0.2, 0.25) is 0 Å². The molecule has 0 aliphatic rings. The lowest BCUT2D eigenvalue weighted by Gasteiger charge is -2.15. The standard InChI is InChI=1S/C20H24N4/c1-12-7-14(3)18(15(4)8-12)23-20(22-11-21)24-19-16(5)9-13(2)10-17(19)6/h7-10H,1-6H3,(H2,22,23,24). The number of rotatable bonds is 2. The van der Waals surface area contributed by atoms with Gasteiger partial charge in [0.1, 0.15) is 0 Å². The number of hydrogen-bond donors (Lipinski definition) is 2. The van der Waals surface area contributed by atoms with Gasteiger partial charge >= 0.3 is 0 Å². The van der Waals surface area contributed by atoms with Crippen molar-refractivity contribution in [3.63, 3.8) is 0 Å². The predicted octanol–water partition coefficient (Wildman–Crippen LogP) is 4.71. The fourth-order valence-electron chi connectivity index (χ4n) is 3.10. The Morgan fingerprint density at radius 1 is 0.833 bits per heavy atom. The first kappa shape index (κ1) is 17.6. The van der Waals surface area contributed by atoms with Crippen LogP contribution in [0.1, 0.15) is 33.4 Å². The number of nitrogens with zero attached hydrogens (tertiary/aromatic N) is 2. The fraction of sp³-hybridized carbons (Fsp3) is 0.300. The average molecular weight is 320 g/mol. The van der Waals surface area contributed by atoms with Crippen molar-refractivity contribution in [3.05, 3.63) is 57.6 Å². The van der Waals surface area contributed by atoms with Crippen LogP contribution in [0.25, 0.3) is 0 Å². The molecule has 4 nitrogen and oxygen atoms in total. The summed E-state index contributed by atoms with van der Waals surface area (Å²) in [6.07, 6.45) is 1.97. The lowest BCUT2D eigenvalue weighted by molar-refractivity contribution is 1.20. The van der Waals surface area contributed by atoms with Crippen molar-refractivity contribution >= 4 is 17.3 Å². The molecule has 24 heavy (non-hydrogen) atoms. The molecule has 0 saturated heterocycles. The summed E-state index contributed by atoms with van der Waals surface area (Å²) in [5, 5.41) is 15.0. The van der Waals surface area contributed by atoms with Crippen molar-refractivity contribution in [2.45, 2.75) is 41.5 Å². The van der Waals surface area contributed by atoms with Gasteiger partial charge in [-0.25, -0.2) is 4.99 Å². The molecule has 0 unspecified atom stereocenters. The van der Waals surface area contributed by atoms with E-state index in [9.17, 15) is 0 Å². The molecule has 2 aromatic rings. The monoisotopic (exact) mass is 320 g/mol. The molecule has 0 amide bonds. The maximum atomic E-state index is 9.08. The normalized spacial score (nSPS) is 11.1. The Morgan fingerprint density at radius 2 is 1.29 bits per heavy atom. The van der Waals surface area contributed by atoms with Gasteiger partial charge in [0.2, 0.25) is 5.96 Å². The van der Waals surface area contributed by atoms with E-state index in [1.807, 2.05) is 20.0 Å². The molecule has 2 N–H and O–H groups in total. The van der Waals surface area contributed by atoms with Crippen LogP contribution in [0, 0.1) is 53.0 Å². The first-order chi connectivity index (χ1) is 11.3. The second-order valence-electron chi connectivity index (χ2n) is 6.34. The summed E-state index contributed by atoms with van der Waals surface area (Å²) >= 11 is 0. The number of aliphatic imine (C=N–C) groups is 1. The average Bonchev–Trinajstić information content (AvgIpc) is 2.46. The van der Waals surface area contributed by atoms with Gasteiger partial charge in [-0.3, -0.25) is 5.32 Å². The van der Waals surface area contributed by atoms with Gasteiger partial charge in [0, 0.05) is 5.69 Å². The summed E-state index contributed by atoms with van der Waals surface area (Å²) in [5.74, 6) is 0.433. The zero-order chi connectivity index (χ0) is 17.9. The number of anilines is 1. The molecular weight excluding hydrogens is 296 g/mol. The van der Waals surface area contributed by atoms with E-state index in [4.69, 9.17) is 5.26 Å². The summed E-state index contributed by atoms with van der Waals surface area (Å²) in [6, 6.07) is 8.42. The third kappa shape index (κ3) is 3.94. The van der Waals surface area contributed by atoms with E-state index in [2.05, 4.69) is 67.6 Å². The third-order valence-electron chi connectivity index (χ3n) is 3.95. The largest absolute Gasteiger partial charge is 0.325 e. The summed E-state index contributed by atoms with van der Waals surface area (Å²) in [7, 11) is 0. The highest BCUT2D eigenvalue weighted by atomic mass is 15.2. The van der Waals surface area contributed by atoms with Crippen LogP contribution in [0.5, 0.6) is 0 Å². The highest BCUT2D eigenvalue weighted by Crippen LogP contribution is 2.26. The van der Waals surface area contributed by atoms with E-state index in [1.165, 1.54) is 11.1 Å². The summed E-state index contributed by atoms with van der Waals surface area (Å²) in [6.45, 7) is 12.3. The van der Waals surface area contributed by atoms with E-state index in [1.54, 1.807) is 0 Å². The van der Waals surface area contributed by atoms with E-state index in [0.717, 1.165) is 33.6 Å². The van der Waals surface area contributed by atoms with E-state index < -0.39 is 0 Å². The number of benzene rings is 2. The van der Waals surface area contributed by atoms with E-state index >= 15 is 0 Å². The second kappa shape index (κ2) is 7.18. The first-order valence-electron chi connectivity index (χ1n) is 7.98. The van der Waals surface area contributed by atoms with Gasteiger partial charge in [-0.2, -0.15) is 5.26 Å². The molecule has 0 radical (unpaired) electrons. The van der Waals surface area contributed by atoms with Crippen molar-refractivity contribution in [2.75, 3.05) is 5.32 Å². The van der Waals surface area contributed by atoms with Gasteiger partial charge in [0.15, 0.2) is 6.19 Å². The minimum Gasteiger partial charge on any atom is -0.325 e. The van der Waals surface area contributed by atoms with Gasteiger partial charge in [-0.15, -0.1) is 0 Å². The molecule has 0 aromatic heterocycles. The third-order valence-corrected chi connectivity index (χ3v) is 3.95. The summed E-state index contributed by atoms with van der Waals surface area (Å²) in [4.78, 5) is 4.66. The minimum absolute atomic E-state index is 0.433. The predicted molar refractivity (Wildman–Crippen MR) is 101 cm³/mol. The van der Waals surface area contributed by atoms with Crippen LogP contribution >= 0.6 is 0 Å². The smallest absolute Gasteiger partial charge is 0.214 e. The Bertz CT molecular complexity index is 795. The van der Waals surface area contributed by atoms with Gasteiger partial charge < -0.3 is 5.32 Å². The van der Waals surface area contributed by atoms with E-state index in [0.29, 0.717) is 5.96 Å². The van der Waals surface area contributed by atoms with Crippen molar-refractivity contribution in [2.24, 2.45) is 4.99 Å². The van der Waals surface area contributed by atoms with Crippen LogP contribution in [0.3, 0.4) is 0 Å². The van der Waals surface area contributed by atoms with Crippen molar-refractivity contribution < 1.29 is 0 Å². The highest BCUT2D eigenvalue weighted by Gasteiger charge is 2.09. The minimum atomic E-state index is 0.433. The summed E-state index contributed by atoms with van der Waals surface area (Å²) < 4.78 is 0. The molecule has 124 valence electrons. The number of nitriles is 1. The highest BCUT2D eigenvalue weighted by molar-refractivity contribution is 5.97. The number of nitrogens with one attached hydrogen (secondary N) is 2. The van der Waals surface area contributed by atoms with Crippen molar-refractivity contribution in [3.8, 4) is 6.19 Å². The van der Waals surface area contributed by atoms with Gasteiger partial charge in [-0.05, 0) is 63.8 Å². The van der Waals surface area contributed by atoms with Crippen molar-refractivity contribution in [1.29, 1.82) is 5.26 Å². The van der Waals surface area contributed by atoms with Gasteiger partial charge in [0.25, 0.3) is 0 Å². The van der Waals surface area contributed by atoms with E-state index in [-0.39, 0.29) is 0 Å². The Morgan fingerprint density at radius 3 is 1.75 bits per heavy atom. The number of hydrogen-bond acceptors (Lipinski definition) is 2. The molecule has 0 saturated carbocycles. The molecule has 4 heteroatoms. The quantitative estimate of drug-likeness (QED) is 0.365. The zero-order valence-corrected chi connectivity index (χ0v) is 15.2. The maximum absolute atomic E-state index is 9.08. The van der Waals surface area contributed by atoms with Crippen LogP contribution in [-0.2, 0) is 0 Å². The number of guanidine groups is 1. The number of aryl methyl sites for hydroxylation is 6. The van der Waals surface area contributed by atoms with Crippen LogP contribution in [-0.4, -0.2) is 5.96 Å². The zero-order valence-electron chi connectivity index (χ0n) is 15.2. The van der Waals surface area contributed by atoms with Gasteiger partial charge in [0.05, 0.1) is 5.69 Å². The van der Waals surface area contributed by atoms with Gasteiger partial charge in [-0.1, -0.05) is 35.4 Å². The molecule has 0 heterocycles. The molecule has 0 aliphatic carbocycles. The Labute approximate surface area is 144 Å². The molecular formula is C20H24N4. The topological polar surface area (TPSA) is 60.2 Å². The molecule has 0 bridgehead atoms. The first-order valence-corrected chi connectivity index (χ1v) is 7.98. The Balaban J connectivity index is 2.47. The lowest BCUT2D eigenvalue weighted by Crippen LogP contribution is -2.27. The molecule has 0 atom stereocenters. The fourth-order valence-corrected chi connectivity index (χ4v) is 3.10. The van der Waals surface area contributed by atoms with Crippen LogP contribution in [0.15, 0.2) is 29.3 Å². The molecule has 2 aromatic carbocycles. The molecule has 0 spiro atoms. The molecule has 2 rings (SSSR count). The Hall–Kier alpha value is -2.80. The SMILES string of the molecule is Cc1cc(C)c(N=C(NC#N)Nc2c(C)cc(C)cc2C)c(C)c1. The molecule has 0 fully saturated rings. The summed E-state index contributed by atoms with van der Waals surface area (Å²) in [5.41, 5.74) is 8.70. The molecule has 0 aliphatic heterocycles. The maximum Gasteiger partial charge on any atom is 0.214 e. The van der Waals surface area contributed by atoms with Crippen LogP contribution < -0.4 is 10.6 Å².